The molecule has 0 heterocycles. The third-order valence-electron chi connectivity index (χ3n) is 8.02. The number of hydrogen-bond donors (Lipinski definition) is 3. The topological polar surface area (TPSA) is 83.6 Å². The molecule has 0 unspecified atom stereocenters. The zero-order valence-electron chi connectivity index (χ0n) is 28.1. The maximum Gasteiger partial charge on any atom is 0.325 e. The molecule has 0 atom stereocenters. The first kappa shape index (κ1) is 43.0. The van der Waals surface area contributed by atoms with Gasteiger partial charge in [0, 0.05) is 6.16 Å². The van der Waals surface area contributed by atoms with E-state index in [2.05, 4.69) is 26.0 Å². The summed E-state index contributed by atoms with van der Waals surface area (Å²) in [5.74, 6) is 0. The normalized spacial score (nSPS) is 11.7. The molecule has 0 aliphatic heterocycles. The van der Waals surface area contributed by atoms with E-state index < -0.39 is 7.60 Å². The van der Waals surface area contributed by atoms with Crippen LogP contribution < -0.4 is 5.73 Å². The average Bonchev–Trinajstić information content (AvgIpc) is 2.94. The van der Waals surface area contributed by atoms with E-state index in [1.54, 1.807) is 0 Å². The number of rotatable bonds is 32. The Balaban J connectivity index is 0. The van der Waals surface area contributed by atoms with Gasteiger partial charge >= 0.3 is 7.60 Å². The van der Waals surface area contributed by atoms with Gasteiger partial charge in [0.15, 0.2) is 0 Å². The van der Waals surface area contributed by atoms with E-state index in [4.69, 9.17) is 15.5 Å². The fraction of sp³-hybridized carbons (Fsp3) is 0.944. The molecule has 0 aliphatic rings. The largest absolute Gasteiger partial charge is 0.330 e. The first-order valence-electron chi connectivity index (χ1n) is 18.4. The smallest absolute Gasteiger partial charge is 0.325 e. The van der Waals surface area contributed by atoms with Gasteiger partial charge < -0.3 is 15.5 Å². The minimum atomic E-state index is -3.75. The second-order valence-electron chi connectivity index (χ2n) is 12.4. The summed E-state index contributed by atoms with van der Waals surface area (Å²) in [7, 11) is -3.75. The number of nitrogens with two attached hydrogens (primary N) is 1. The Morgan fingerprint density at radius 1 is 0.439 bits per heavy atom. The fourth-order valence-electron chi connectivity index (χ4n) is 5.26. The maximum atomic E-state index is 10.7. The minimum absolute atomic E-state index is 0.0610. The second-order valence-corrected chi connectivity index (χ2v) is 14.2. The molecule has 0 radical (unpaired) electrons. The summed E-state index contributed by atoms with van der Waals surface area (Å²) < 4.78 is 10.7. The predicted octanol–water partition coefficient (Wildman–Crippen LogP) is 12.4. The Bertz CT molecular complexity index is 535. The van der Waals surface area contributed by atoms with Gasteiger partial charge in [-0.2, -0.15) is 0 Å². The molecule has 0 rings (SSSR count). The van der Waals surface area contributed by atoms with E-state index in [0.29, 0.717) is 6.42 Å². The van der Waals surface area contributed by atoms with Gasteiger partial charge in [-0.1, -0.05) is 180 Å². The van der Waals surface area contributed by atoms with Crippen molar-refractivity contribution in [1.29, 1.82) is 0 Å². The van der Waals surface area contributed by atoms with Gasteiger partial charge in [0.1, 0.15) is 0 Å². The van der Waals surface area contributed by atoms with E-state index in [0.717, 1.165) is 19.4 Å². The lowest BCUT2D eigenvalue weighted by atomic mass is 10.0. The molecule has 0 fully saturated rings. The first-order chi connectivity index (χ1) is 20.0. The van der Waals surface area contributed by atoms with Crippen LogP contribution in [0.1, 0.15) is 206 Å². The van der Waals surface area contributed by atoms with Crippen LogP contribution in [0.25, 0.3) is 0 Å². The van der Waals surface area contributed by atoms with Crippen molar-refractivity contribution in [2.45, 2.75) is 206 Å². The molecule has 0 aromatic rings. The molecule has 0 saturated heterocycles. The Kier molecular flexibility index (Phi) is 39.7. The molecule has 4 N–H and O–H groups in total. The standard InChI is InChI=1S/C18H37N.C18H39O3P/c1-2-3-4-5-6-7-8-9-10-11-12-13-14-15-16-17-18-19;1-2-3-4-5-6-7-8-9-10-11-12-13-14-15-16-17-18-22(19,20)21/h9-10H,2-8,11-19H2,1H3;2-18H2,1H3,(H2,19,20,21)/b10-9-;. The molecular formula is C36H76NO3P. The number of unbranched alkanes of at least 4 members (excludes halogenated alkanes) is 27. The van der Waals surface area contributed by atoms with Gasteiger partial charge in [-0.25, -0.2) is 0 Å². The maximum absolute atomic E-state index is 10.7. The van der Waals surface area contributed by atoms with Crippen molar-refractivity contribution in [1.82, 2.24) is 0 Å². The zero-order valence-corrected chi connectivity index (χ0v) is 29.0. The summed E-state index contributed by atoms with van der Waals surface area (Å²) >= 11 is 0. The second kappa shape index (κ2) is 37.9. The van der Waals surface area contributed by atoms with Crippen LogP contribution in [-0.4, -0.2) is 22.5 Å². The van der Waals surface area contributed by atoms with Gasteiger partial charge in [-0.3, -0.25) is 4.57 Å². The van der Waals surface area contributed by atoms with Gasteiger partial charge in [0.05, 0.1) is 0 Å². The highest BCUT2D eigenvalue weighted by atomic mass is 31.2. The monoisotopic (exact) mass is 602 g/mol. The van der Waals surface area contributed by atoms with Crippen LogP contribution in [0.5, 0.6) is 0 Å². The molecule has 248 valence electrons. The van der Waals surface area contributed by atoms with Crippen LogP contribution in [0.3, 0.4) is 0 Å². The van der Waals surface area contributed by atoms with Crippen molar-refractivity contribution >= 4 is 7.60 Å². The molecule has 0 aliphatic carbocycles. The van der Waals surface area contributed by atoms with Crippen LogP contribution in [0.15, 0.2) is 12.2 Å². The third-order valence-corrected chi connectivity index (χ3v) is 8.92. The average molecular weight is 602 g/mol. The molecule has 5 heteroatoms. The molecule has 0 saturated carbocycles. The van der Waals surface area contributed by atoms with Crippen molar-refractivity contribution in [2.24, 2.45) is 5.73 Å². The fourth-order valence-corrected chi connectivity index (χ4v) is 5.89. The Labute approximate surface area is 258 Å². The van der Waals surface area contributed by atoms with Crippen molar-refractivity contribution in [3.8, 4) is 0 Å². The lowest BCUT2D eigenvalue weighted by Gasteiger charge is -2.04. The van der Waals surface area contributed by atoms with Crippen molar-refractivity contribution in [3.05, 3.63) is 12.2 Å². The van der Waals surface area contributed by atoms with Gasteiger partial charge in [-0.05, 0) is 45.1 Å². The van der Waals surface area contributed by atoms with Crippen LogP contribution in [0.2, 0.25) is 0 Å². The van der Waals surface area contributed by atoms with Gasteiger partial charge in [0.2, 0.25) is 0 Å². The quantitative estimate of drug-likeness (QED) is 0.0407. The lowest BCUT2D eigenvalue weighted by Crippen LogP contribution is -1.97. The van der Waals surface area contributed by atoms with Crippen LogP contribution in [0, 0.1) is 0 Å². The molecule has 0 aromatic heterocycles. The summed E-state index contributed by atoms with van der Waals surface area (Å²) in [6.07, 6.45) is 44.5. The molecule has 4 nitrogen and oxygen atoms in total. The summed E-state index contributed by atoms with van der Waals surface area (Å²) in [5, 5.41) is 0. The van der Waals surface area contributed by atoms with Crippen molar-refractivity contribution in [2.75, 3.05) is 12.7 Å². The molecule has 41 heavy (non-hydrogen) atoms. The predicted molar refractivity (Wildman–Crippen MR) is 185 cm³/mol. The van der Waals surface area contributed by atoms with E-state index >= 15 is 0 Å². The van der Waals surface area contributed by atoms with Crippen LogP contribution >= 0.6 is 7.60 Å². The van der Waals surface area contributed by atoms with Crippen molar-refractivity contribution in [3.63, 3.8) is 0 Å². The lowest BCUT2D eigenvalue weighted by molar-refractivity contribution is 0.370. The van der Waals surface area contributed by atoms with E-state index in [1.165, 1.54) is 173 Å². The Morgan fingerprint density at radius 3 is 1.00 bits per heavy atom. The van der Waals surface area contributed by atoms with E-state index in [1.807, 2.05) is 0 Å². The molecular weight excluding hydrogens is 525 g/mol. The summed E-state index contributed by atoms with van der Waals surface area (Å²) in [6.45, 7) is 5.41. The third kappa shape index (κ3) is 47.0. The molecule has 0 amide bonds. The van der Waals surface area contributed by atoms with Crippen molar-refractivity contribution < 1.29 is 14.4 Å². The highest BCUT2D eigenvalue weighted by molar-refractivity contribution is 7.51. The Morgan fingerprint density at radius 2 is 0.707 bits per heavy atom. The SMILES string of the molecule is CCCCCCCC/C=C\CCCCCCCCN.CCCCCCCCCCCCCCCCCCP(=O)(O)O. The van der Waals surface area contributed by atoms with E-state index in [-0.39, 0.29) is 6.16 Å². The number of hydrogen-bond acceptors (Lipinski definition) is 2. The van der Waals surface area contributed by atoms with Crippen LogP contribution in [-0.2, 0) is 4.57 Å². The molecule has 0 aromatic carbocycles. The summed E-state index contributed by atoms with van der Waals surface area (Å²) in [5.41, 5.74) is 5.47. The van der Waals surface area contributed by atoms with Gasteiger partial charge in [-0.15, -0.1) is 0 Å². The first-order valence-corrected chi connectivity index (χ1v) is 20.2. The number of allylic oxidation sites excluding steroid dienone is 2. The zero-order chi connectivity index (χ0) is 30.5. The van der Waals surface area contributed by atoms with E-state index in [9.17, 15) is 4.57 Å². The highest BCUT2D eigenvalue weighted by Gasteiger charge is 2.10. The molecule has 0 spiro atoms. The Hall–Kier alpha value is -0.150. The molecule has 0 bridgehead atoms. The minimum Gasteiger partial charge on any atom is -0.330 e. The van der Waals surface area contributed by atoms with Crippen LogP contribution in [0.4, 0.5) is 0 Å². The summed E-state index contributed by atoms with van der Waals surface area (Å²) in [4.78, 5) is 17.5. The summed E-state index contributed by atoms with van der Waals surface area (Å²) in [6, 6.07) is 0. The van der Waals surface area contributed by atoms with Gasteiger partial charge in [0.25, 0.3) is 0 Å². The highest BCUT2D eigenvalue weighted by Crippen LogP contribution is 2.35.